The normalized spacial score (nSPS) is 14.3. The zero-order valence-electron chi connectivity index (χ0n) is 13.9. The van der Waals surface area contributed by atoms with Crippen molar-refractivity contribution in [2.45, 2.75) is 12.8 Å². The number of anilines is 3. The van der Waals surface area contributed by atoms with E-state index in [1.54, 1.807) is 18.0 Å². The van der Waals surface area contributed by atoms with Crippen molar-refractivity contribution >= 4 is 28.5 Å². The topological polar surface area (TPSA) is 68.1 Å². The third kappa shape index (κ3) is 2.62. The van der Waals surface area contributed by atoms with Crippen molar-refractivity contribution < 1.29 is 4.74 Å². The van der Waals surface area contributed by atoms with Crippen LogP contribution in [0.5, 0.6) is 5.75 Å². The minimum absolute atomic E-state index is 0.758. The van der Waals surface area contributed by atoms with Crippen LogP contribution in [-0.2, 0) is 7.05 Å². The molecule has 24 heavy (non-hydrogen) atoms. The zero-order valence-corrected chi connectivity index (χ0v) is 13.9. The van der Waals surface area contributed by atoms with E-state index in [1.165, 1.54) is 12.8 Å². The Hall–Kier alpha value is -2.83. The maximum atomic E-state index is 5.29. The second-order valence-corrected chi connectivity index (χ2v) is 5.93. The first kappa shape index (κ1) is 14.7. The molecule has 3 heterocycles. The molecule has 0 amide bonds. The van der Waals surface area contributed by atoms with Gasteiger partial charge < -0.3 is 15.0 Å². The molecular weight excluding hydrogens is 304 g/mol. The van der Waals surface area contributed by atoms with Gasteiger partial charge in [-0.15, -0.1) is 0 Å². The fraction of sp³-hybridized carbons (Fsp3) is 0.353. The largest absolute Gasteiger partial charge is 0.497 e. The summed E-state index contributed by atoms with van der Waals surface area (Å²) in [6.07, 6.45) is 4.17. The summed E-state index contributed by atoms with van der Waals surface area (Å²) >= 11 is 0. The molecule has 0 aliphatic carbocycles. The average molecular weight is 324 g/mol. The van der Waals surface area contributed by atoms with Gasteiger partial charge in [-0.1, -0.05) is 6.07 Å². The summed E-state index contributed by atoms with van der Waals surface area (Å²) in [7, 11) is 3.56. The first-order chi connectivity index (χ1) is 11.7. The van der Waals surface area contributed by atoms with Gasteiger partial charge in [0, 0.05) is 31.9 Å². The molecule has 0 unspecified atom stereocenters. The van der Waals surface area contributed by atoms with Gasteiger partial charge in [0.15, 0.2) is 5.65 Å². The van der Waals surface area contributed by atoms with Crippen molar-refractivity contribution in [3.8, 4) is 5.75 Å². The van der Waals surface area contributed by atoms with Gasteiger partial charge in [-0.25, -0.2) is 0 Å². The monoisotopic (exact) mass is 324 g/mol. The second kappa shape index (κ2) is 5.99. The Morgan fingerprint density at radius 2 is 2.00 bits per heavy atom. The maximum absolute atomic E-state index is 5.29. The zero-order chi connectivity index (χ0) is 16.5. The summed E-state index contributed by atoms with van der Waals surface area (Å²) in [6, 6.07) is 7.80. The number of nitrogens with one attached hydrogen (secondary N) is 1. The highest BCUT2D eigenvalue weighted by Gasteiger charge is 2.19. The lowest BCUT2D eigenvalue weighted by molar-refractivity contribution is 0.415. The molecule has 1 N–H and O–H groups in total. The molecule has 1 saturated heterocycles. The number of hydrogen-bond acceptors (Lipinski definition) is 6. The maximum Gasteiger partial charge on any atom is 0.229 e. The molecule has 0 spiro atoms. The number of aromatic nitrogens is 4. The SMILES string of the molecule is COc1cccc(Nc2nc(N3CCCC3)nc3c2cnn3C)c1. The molecule has 3 aromatic rings. The molecule has 7 heteroatoms. The van der Waals surface area contributed by atoms with Crippen molar-refractivity contribution in [1.82, 2.24) is 19.7 Å². The number of hydrogen-bond donors (Lipinski definition) is 1. The van der Waals surface area contributed by atoms with Crippen LogP contribution in [0.3, 0.4) is 0 Å². The number of fused-ring (bicyclic) bond motifs is 1. The summed E-state index contributed by atoms with van der Waals surface area (Å²) in [5.41, 5.74) is 1.75. The van der Waals surface area contributed by atoms with Gasteiger partial charge in [-0.3, -0.25) is 4.68 Å². The Labute approximate surface area is 140 Å². The lowest BCUT2D eigenvalue weighted by atomic mass is 10.3. The van der Waals surface area contributed by atoms with Crippen LogP contribution in [0.1, 0.15) is 12.8 Å². The molecule has 0 atom stereocenters. The molecule has 1 aliphatic rings. The molecule has 4 rings (SSSR count). The first-order valence-electron chi connectivity index (χ1n) is 8.10. The summed E-state index contributed by atoms with van der Waals surface area (Å²) < 4.78 is 7.08. The van der Waals surface area contributed by atoms with Gasteiger partial charge in [0.1, 0.15) is 11.6 Å². The van der Waals surface area contributed by atoms with E-state index in [1.807, 2.05) is 31.3 Å². The predicted molar refractivity (Wildman–Crippen MR) is 94.0 cm³/mol. The molecule has 124 valence electrons. The minimum Gasteiger partial charge on any atom is -0.497 e. The quantitative estimate of drug-likeness (QED) is 0.796. The summed E-state index contributed by atoms with van der Waals surface area (Å²) in [5, 5.41) is 8.62. The fourth-order valence-corrected chi connectivity index (χ4v) is 3.00. The Morgan fingerprint density at radius 1 is 1.17 bits per heavy atom. The number of ether oxygens (including phenoxy) is 1. The van der Waals surface area contributed by atoms with Crippen LogP contribution < -0.4 is 15.0 Å². The number of benzene rings is 1. The summed E-state index contributed by atoms with van der Waals surface area (Å²) in [4.78, 5) is 11.7. The van der Waals surface area contributed by atoms with E-state index in [2.05, 4.69) is 15.3 Å². The number of rotatable bonds is 4. The standard InChI is InChI=1S/C17H20N6O/c1-22-16-14(11-18-22)15(19-12-6-5-7-13(10-12)24-2)20-17(21-16)23-8-3-4-9-23/h5-7,10-11H,3-4,8-9H2,1-2H3,(H,19,20,21). The average Bonchev–Trinajstić information content (AvgIpc) is 3.26. The molecule has 7 nitrogen and oxygen atoms in total. The van der Waals surface area contributed by atoms with Gasteiger partial charge >= 0.3 is 0 Å². The van der Waals surface area contributed by atoms with Crippen LogP contribution >= 0.6 is 0 Å². The Balaban J connectivity index is 1.77. The van der Waals surface area contributed by atoms with E-state index in [9.17, 15) is 0 Å². The fourth-order valence-electron chi connectivity index (χ4n) is 3.00. The van der Waals surface area contributed by atoms with Crippen LogP contribution in [0.15, 0.2) is 30.5 Å². The first-order valence-corrected chi connectivity index (χ1v) is 8.10. The van der Waals surface area contributed by atoms with Crippen molar-refractivity contribution in [2.24, 2.45) is 7.05 Å². The highest BCUT2D eigenvalue weighted by atomic mass is 16.5. The van der Waals surface area contributed by atoms with Crippen LogP contribution in [0.25, 0.3) is 11.0 Å². The van der Waals surface area contributed by atoms with E-state index in [0.29, 0.717) is 0 Å². The molecular formula is C17H20N6O. The van der Waals surface area contributed by atoms with E-state index in [0.717, 1.165) is 47.3 Å². The molecule has 1 fully saturated rings. The Morgan fingerprint density at radius 3 is 2.79 bits per heavy atom. The highest BCUT2D eigenvalue weighted by molar-refractivity contribution is 5.89. The minimum atomic E-state index is 0.758. The number of aryl methyl sites for hydroxylation is 1. The lowest BCUT2D eigenvalue weighted by Gasteiger charge is -2.17. The molecule has 0 radical (unpaired) electrons. The molecule has 1 aromatic carbocycles. The molecule has 2 aromatic heterocycles. The summed E-state index contributed by atoms with van der Waals surface area (Å²) in [6.45, 7) is 2.00. The van der Waals surface area contributed by atoms with E-state index in [-0.39, 0.29) is 0 Å². The van der Waals surface area contributed by atoms with Crippen molar-refractivity contribution in [2.75, 3.05) is 30.4 Å². The van der Waals surface area contributed by atoms with Crippen LogP contribution in [0.2, 0.25) is 0 Å². The van der Waals surface area contributed by atoms with E-state index >= 15 is 0 Å². The van der Waals surface area contributed by atoms with Crippen molar-refractivity contribution in [3.05, 3.63) is 30.5 Å². The number of nitrogens with zero attached hydrogens (tertiary/aromatic N) is 5. The van der Waals surface area contributed by atoms with Crippen molar-refractivity contribution in [3.63, 3.8) is 0 Å². The van der Waals surface area contributed by atoms with E-state index in [4.69, 9.17) is 14.7 Å². The lowest BCUT2D eigenvalue weighted by Crippen LogP contribution is -2.21. The molecule has 1 aliphatic heterocycles. The Kier molecular flexibility index (Phi) is 3.68. The van der Waals surface area contributed by atoms with Crippen LogP contribution in [0, 0.1) is 0 Å². The van der Waals surface area contributed by atoms with Crippen molar-refractivity contribution in [1.29, 1.82) is 0 Å². The van der Waals surface area contributed by atoms with Gasteiger partial charge in [0.05, 0.1) is 18.7 Å². The molecule has 0 bridgehead atoms. The summed E-state index contributed by atoms with van der Waals surface area (Å²) in [5.74, 6) is 2.33. The predicted octanol–water partition coefficient (Wildman–Crippen LogP) is 2.72. The van der Waals surface area contributed by atoms with Gasteiger partial charge in [-0.2, -0.15) is 15.1 Å². The van der Waals surface area contributed by atoms with Gasteiger partial charge in [0.2, 0.25) is 5.95 Å². The molecule has 0 saturated carbocycles. The third-order valence-corrected chi connectivity index (χ3v) is 4.30. The van der Waals surface area contributed by atoms with Crippen LogP contribution in [-0.4, -0.2) is 39.9 Å². The van der Waals surface area contributed by atoms with Gasteiger partial charge in [0.25, 0.3) is 0 Å². The third-order valence-electron chi connectivity index (χ3n) is 4.30. The van der Waals surface area contributed by atoms with Gasteiger partial charge in [-0.05, 0) is 25.0 Å². The van der Waals surface area contributed by atoms with Crippen LogP contribution in [0.4, 0.5) is 17.5 Å². The smallest absolute Gasteiger partial charge is 0.229 e. The second-order valence-electron chi connectivity index (χ2n) is 5.93. The Bertz CT molecular complexity index is 869. The number of methoxy groups -OCH3 is 1. The highest BCUT2D eigenvalue weighted by Crippen LogP contribution is 2.28. The van der Waals surface area contributed by atoms with E-state index < -0.39 is 0 Å².